The molecule has 0 aliphatic heterocycles. The molecule has 44 heavy (non-hydrogen) atoms. The lowest BCUT2D eigenvalue weighted by atomic mass is 10.3. The van der Waals surface area contributed by atoms with Crippen LogP contribution in [0, 0.1) is 0 Å². The van der Waals surface area contributed by atoms with Crippen molar-refractivity contribution in [2.45, 2.75) is 154 Å². The van der Waals surface area contributed by atoms with Gasteiger partial charge in [0.1, 0.15) is 26.3 Å². The van der Waals surface area contributed by atoms with Crippen LogP contribution in [0.5, 0.6) is 0 Å². The van der Waals surface area contributed by atoms with Crippen molar-refractivity contribution >= 4 is 28.1 Å². The SMILES string of the molecule is CCCC[Si](C)(CCCC)CCC[N+](C)(C)CCOC(=O)CCC(=O)OCC[N+](C)(C)CCC[Si](C)(CCCC)CCCC. The van der Waals surface area contributed by atoms with Gasteiger partial charge in [0.05, 0.1) is 70.3 Å². The van der Waals surface area contributed by atoms with Crippen LogP contribution in [0.3, 0.4) is 0 Å². The fourth-order valence-corrected chi connectivity index (χ4v) is 14.8. The third kappa shape index (κ3) is 22.7. The van der Waals surface area contributed by atoms with Crippen LogP contribution in [0.4, 0.5) is 0 Å². The number of likely N-dealkylation sites (N-methyl/N-ethyl adjacent to an activating group) is 2. The molecule has 0 rings (SSSR count). The quantitative estimate of drug-likeness (QED) is 0.0457. The molecule has 0 spiro atoms. The summed E-state index contributed by atoms with van der Waals surface area (Å²) in [4.78, 5) is 24.6. The van der Waals surface area contributed by atoms with E-state index in [2.05, 4.69) is 69.0 Å². The number of unbranched alkanes of at least 4 members (excludes halogenated alkanes) is 4. The first-order valence-electron chi connectivity index (χ1n) is 18.6. The van der Waals surface area contributed by atoms with Crippen molar-refractivity contribution in [1.82, 2.24) is 0 Å². The molecule has 0 fully saturated rings. The Labute approximate surface area is 277 Å². The number of hydrogen-bond acceptors (Lipinski definition) is 4. The number of ether oxygens (including phenoxy) is 2. The molecular weight excluding hydrogens is 581 g/mol. The summed E-state index contributed by atoms with van der Waals surface area (Å²) in [7, 11) is 6.67. The number of hydrogen-bond donors (Lipinski definition) is 0. The zero-order chi connectivity index (χ0) is 33.5. The largest absolute Gasteiger partial charge is 0.460 e. The molecule has 0 saturated heterocycles. The predicted octanol–water partition coefficient (Wildman–Crippen LogP) is 9.14. The van der Waals surface area contributed by atoms with E-state index in [1.165, 1.54) is 100 Å². The van der Waals surface area contributed by atoms with E-state index in [0.29, 0.717) is 13.2 Å². The van der Waals surface area contributed by atoms with Crippen LogP contribution in [-0.4, -0.2) is 105 Å². The Morgan fingerprint density at radius 1 is 0.477 bits per heavy atom. The third-order valence-electron chi connectivity index (χ3n) is 10.1. The van der Waals surface area contributed by atoms with Gasteiger partial charge in [-0.1, -0.05) is 128 Å². The number of carbonyl (C=O) groups excluding carboxylic acids is 2. The van der Waals surface area contributed by atoms with E-state index in [1.54, 1.807) is 0 Å². The molecule has 0 N–H and O–H groups in total. The summed E-state index contributed by atoms with van der Waals surface area (Å²) in [6.07, 6.45) is 13.4. The first-order chi connectivity index (χ1) is 20.7. The van der Waals surface area contributed by atoms with E-state index >= 15 is 0 Å². The van der Waals surface area contributed by atoms with Crippen molar-refractivity contribution in [1.29, 1.82) is 0 Å². The Hall–Kier alpha value is -0.706. The number of quaternary nitrogens is 2. The lowest BCUT2D eigenvalue weighted by Gasteiger charge is -2.32. The second kappa shape index (κ2) is 23.6. The third-order valence-corrected chi connectivity index (χ3v) is 19.4. The van der Waals surface area contributed by atoms with Gasteiger partial charge in [-0.3, -0.25) is 9.59 Å². The van der Waals surface area contributed by atoms with Gasteiger partial charge in [-0.25, -0.2) is 0 Å². The van der Waals surface area contributed by atoms with E-state index in [1.807, 2.05) is 0 Å². The molecule has 0 heterocycles. The average molecular weight is 659 g/mol. The maximum Gasteiger partial charge on any atom is 0.306 e. The fraction of sp³-hybridized carbons (Fsp3) is 0.944. The van der Waals surface area contributed by atoms with E-state index < -0.39 is 16.1 Å². The summed E-state index contributed by atoms with van der Waals surface area (Å²) in [5.41, 5.74) is 0. The molecular formula is C36H78N2O4Si2+2. The molecule has 0 aliphatic rings. The average Bonchev–Trinajstić information content (AvgIpc) is 2.95. The molecule has 0 aromatic rings. The van der Waals surface area contributed by atoms with Crippen molar-refractivity contribution in [3.8, 4) is 0 Å². The molecule has 0 saturated carbocycles. The van der Waals surface area contributed by atoms with Crippen LogP contribution in [0.15, 0.2) is 0 Å². The Kier molecular flexibility index (Phi) is 23.2. The Balaban J connectivity index is 4.28. The monoisotopic (exact) mass is 659 g/mol. The first-order valence-corrected chi connectivity index (χ1v) is 24.8. The highest BCUT2D eigenvalue weighted by Crippen LogP contribution is 2.29. The van der Waals surface area contributed by atoms with Gasteiger partial charge in [0.25, 0.3) is 0 Å². The summed E-state index contributed by atoms with van der Waals surface area (Å²) >= 11 is 0. The smallest absolute Gasteiger partial charge is 0.306 e. The van der Waals surface area contributed by atoms with Crippen LogP contribution in [0.25, 0.3) is 0 Å². The summed E-state index contributed by atoms with van der Waals surface area (Å²) in [6, 6.07) is 8.68. The topological polar surface area (TPSA) is 52.6 Å². The molecule has 0 unspecified atom stereocenters. The highest BCUT2D eigenvalue weighted by molar-refractivity contribution is 6.79. The van der Waals surface area contributed by atoms with E-state index in [9.17, 15) is 9.59 Å². The first kappa shape index (κ1) is 43.3. The Morgan fingerprint density at radius 2 is 0.750 bits per heavy atom. The molecule has 0 bridgehead atoms. The number of nitrogens with zero attached hydrogens (tertiary/aromatic N) is 2. The van der Waals surface area contributed by atoms with Gasteiger partial charge in [0.15, 0.2) is 0 Å². The number of esters is 2. The van der Waals surface area contributed by atoms with Gasteiger partial charge in [0.2, 0.25) is 0 Å². The Bertz CT molecular complexity index is 682. The zero-order valence-corrected chi connectivity index (χ0v) is 33.5. The van der Waals surface area contributed by atoms with Crippen molar-refractivity contribution in [3.63, 3.8) is 0 Å². The lowest BCUT2D eigenvalue weighted by Crippen LogP contribution is -2.44. The van der Waals surface area contributed by atoms with Gasteiger partial charge in [-0.15, -0.1) is 0 Å². The second-order valence-corrected chi connectivity index (χ2v) is 26.2. The van der Waals surface area contributed by atoms with E-state index in [0.717, 1.165) is 35.1 Å². The standard InChI is InChI=1S/C36H78N2O4Si2/c1-11-15-29-43(9,30-16-12-2)33-19-23-37(5,6)25-27-41-35(39)21-22-36(40)42-28-26-38(7,8)24-20-34-44(10,31-17-13-3)32-18-14-4/h11-34H2,1-10H3/q+2. The minimum Gasteiger partial charge on any atom is -0.460 e. The maximum absolute atomic E-state index is 12.3. The van der Waals surface area contributed by atoms with Crippen molar-refractivity contribution in [2.24, 2.45) is 0 Å². The van der Waals surface area contributed by atoms with Crippen molar-refractivity contribution < 1.29 is 28.0 Å². The fourth-order valence-electron chi connectivity index (χ4n) is 6.42. The van der Waals surface area contributed by atoms with Gasteiger partial charge in [-0.2, -0.15) is 0 Å². The predicted molar refractivity (Wildman–Crippen MR) is 196 cm³/mol. The normalized spacial score (nSPS) is 12.9. The zero-order valence-electron chi connectivity index (χ0n) is 31.5. The highest BCUT2D eigenvalue weighted by Gasteiger charge is 2.28. The summed E-state index contributed by atoms with van der Waals surface area (Å²) in [5, 5.41) is 0. The molecule has 0 amide bonds. The summed E-state index contributed by atoms with van der Waals surface area (Å²) < 4.78 is 12.8. The molecule has 6 nitrogen and oxygen atoms in total. The highest BCUT2D eigenvalue weighted by atomic mass is 28.3. The van der Waals surface area contributed by atoms with Crippen LogP contribution < -0.4 is 0 Å². The van der Waals surface area contributed by atoms with Crippen LogP contribution >= 0.6 is 0 Å². The van der Waals surface area contributed by atoms with Crippen molar-refractivity contribution in [3.05, 3.63) is 0 Å². The molecule has 0 aliphatic carbocycles. The van der Waals surface area contributed by atoms with Crippen LogP contribution in [0.2, 0.25) is 49.4 Å². The minimum atomic E-state index is -1.14. The van der Waals surface area contributed by atoms with Crippen LogP contribution in [0.1, 0.15) is 105 Å². The number of rotatable bonds is 29. The molecule has 0 atom stereocenters. The van der Waals surface area contributed by atoms with E-state index in [4.69, 9.17) is 9.47 Å². The number of carbonyl (C=O) groups is 2. The van der Waals surface area contributed by atoms with Gasteiger partial charge < -0.3 is 18.4 Å². The summed E-state index contributed by atoms with van der Waals surface area (Å²) in [6.45, 7) is 19.1. The van der Waals surface area contributed by atoms with E-state index in [-0.39, 0.29) is 24.8 Å². The van der Waals surface area contributed by atoms with Gasteiger partial charge in [-0.05, 0) is 12.8 Å². The maximum atomic E-state index is 12.3. The van der Waals surface area contributed by atoms with Gasteiger partial charge >= 0.3 is 11.9 Å². The lowest BCUT2D eigenvalue weighted by molar-refractivity contribution is -0.890. The second-order valence-electron chi connectivity index (χ2n) is 15.9. The molecule has 0 aromatic carbocycles. The molecule has 0 radical (unpaired) electrons. The Morgan fingerprint density at radius 3 is 1.02 bits per heavy atom. The summed E-state index contributed by atoms with van der Waals surface area (Å²) in [5.74, 6) is -0.592. The van der Waals surface area contributed by atoms with Crippen molar-refractivity contribution in [2.75, 3.05) is 67.6 Å². The minimum absolute atomic E-state index is 0.0993. The van der Waals surface area contributed by atoms with Crippen LogP contribution in [-0.2, 0) is 19.1 Å². The van der Waals surface area contributed by atoms with Gasteiger partial charge in [0, 0.05) is 0 Å². The molecule has 262 valence electrons. The molecule has 8 heteroatoms. The molecule has 0 aromatic heterocycles.